The number of rotatable bonds is 6. The van der Waals surface area contributed by atoms with Crippen molar-refractivity contribution in [1.29, 1.82) is 0 Å². The fraction of sp³-hybridized carbons (Fsp3) is 0.789. The van der Waals surface area contributed by atoms with Crippen molar-refractivity contribution in [3.8, 4) is 0 Å². The van der Waals surface area contributed by atoms with Crippen LogP contribution < -0.4 is 5.32 Å². The minimum atomic E-state index is 0.468. The van der Waals surface area contributed by atoms with Crippen molar-refractivity contribution >= 4 is 11.3 Å². The van der Waals surface area contributed by atoms with Crippen LogP contribution in [0.3, 0.4) is 0 Å². The van der Waals surface area contributed by atoms with E-state index in [1.807, 2.05) is 11.3 Å². The maximum atomic E-state index is 3.67. The topological polar surface area (TPSA) is 12.0 Å². The highest BCUT2D eigenvalue weighted by Crippen LogP contribution is 2.43. The Morgan fingerprint density at radius 2 is 2.05 bits per heavy atom. The Hall–Kier alpha value is -0.340. The second-order valence-corrected chi connectivity index (χ2v) is 8.92. The summed E-state index contributed by atoms with van der Waals surface area (Å²) in [5.41, 5.74) is 0.468. The van der Waals surface area contributed by atoms with Gasteiger partial charge in [0.2, 0.25) is 0 Å². The van der Waals surface area contributed by atoms with Crippen LogP contribution in [0.5, 0.6) is 0 Å². The molecule has 1 fully saturated rings. The Labute approximate surface area is 135 Å². The van der Waals surface area contributed by atoms with E-state index in [-0.39, 0.29) is 0 Å². The lowest BCUT2D eigenvalue weighted by atomic mass is 9.64. The first-order chi connectivity index (χ1) is 10.0. The van der Waals surface area contributed by atoms with E-state index in [0.29, 0.717) is 5.41 Å². The molecule has 2 heteroatoms. The first-order valence-corrected chi connectivity index (χ1v) is 9.61. The van der Waals surface area contributed by atoms with E-state index in [0.717, 1.165) is 17.8 Å². The van der Waals surface area contributed by atoms with E-state index >= 15 is 0 Å². The van der Waals surface area contributed by atoms with E-state index < -0.39 is 0 Å². The number of hydrogen-bond acceptors (Lipinski definition) is 2. The van der Waals surface area contributed by atoms with Crippen molar-refractivity contribution in [2.45, 2.75) is 59.8 Å². The molecule has 0 bridgehead atoms. The predicted molar refractivity (Wildman–Crippen MR) is 95.0 cm³/mol. The molecule has 3 unspecified atom stereocenters. The molecule has 2 rings (SSSR count). The highest BCUT2D eigenvalue weighted by molar-refractivity contribution is 7.09. The summed E-state index contributed by atoms with van der Waals surface area (Å²) in [6.45, 7) is 11.9. The molecule has 21 heavy (non-hydrogen) atoms. The molecule has 0 radical (unpaired) electrons. The second kappa shape index (κ2) is 7.78. The van der Waals surface area contributed by atoms with Crippen LogP contribution in [0.25, 0.3) is 0 Å². The van der Waals surface area contributed by atoms with E-state index in [9.17, 15) is 0 Å². The highest BCUT2D eigenvalue weighted by atomic mass is 32.1. The fourth-order valence-corrected chi connectivity index (χ4v) is 4.58. The van der Waals surface area contributed by atoms with Crippen molar-refractivity contribution < 1.29 is 0 Å². The predicted octanol–water partition coefficient (Wildman–Crippen LogP) is 5.37. The number of nitrogens with one attached hydrogen (secondary N) is 1. The Morgan fingerprint density at radius 1 is 1.24 bits per heavy atom. The van der Waals surface area contributed by atoms with E-state index in [2.05, 4.69) is 50.5 Å². The normalized spacial score (nSPS) is 27.0. The SMILES string of the molecule is CCCNCC1CCC(C(C)(C)C)CC1Cc1cccs1. The molecule has 0 aliphatic heterocycles. The van der Waals surface area contributed by atoms with Crippen LogP contribution in [-0.4, -0.2) is 13.1 Å². The van der Waals surface area contributed by atoms with Crippen molar-refractivity contribution in [1.82, 2.24) is 5.32 Å². The summed E-state index contributed by atoms with van der Waals surface area (Å²) in [6, 6.07) is 4.52. The largest absolute Gasteiger partial charge is 0.316 e. The molecule has 1 N–H and O–H groups in total. The standard InChI is InChI=1S/C19H33NS/c1-5-10-20-14-15-8-9-17(19(2,3)4)12-16(15)13-18-7-6-11-21-18/h6-7,11,15-17,20H,5,8-10,12-14H2,1-4H3. The molecule has 1 heterocycles. The van der Waals surface area contributed by atoms with Crippen LogP contribution >= 0.6 is 11.3 Å². The Balaban J connectivity index is 1.98. The molecule has 1 nitrogen and oxygen atoms in total. The summed E-state index contributed by atoms with van der Waals surface area (Å²) in [5.74, 6) is 2.63. The zero-order valence-corrected chi connectivity index (χ0v) is 15.1. The van der Waals surface area contributed by atoms with Gasteiger partial charge in [0.25, 0.3) is 0 Å². The maximum Gasteiger partial charge on any atom is 0.00480 e. The van der Waals surface area contributed by atoms with Gasteiger partial charge in [-0.25, -0.2) is 0 Å². The van der Waals surface area contributed by atoms with Gasteiger partial charge < -0.3 is 5.32 Å². The molecule has 1 saturated carbocycles. The van der Waals surface area contributed by atoms with Gasteiger partial charge in [0, 0.05) is 4.88 Å². The third-order valence-electron chi connectivity index (χ3n) is 5.24. The van der Waals surface area contributed by atoms with Gasteiger partial charge in [0.15, 0.2) is 0 Å². The van der Waals surface area contributed by atoms with Crippen molar-refractivity contribution in [2.75, 3.05) is 13.1 Å². The average molecular weight is 308 g/mol. The first kappa shape index (κ1) is 17.0. The highest BCUT2D eigenvalue weighted by Gasteiger charge is 2.35. The molecular formula is C19H33NS. The van der Waals surface area contributed by atoms with Crippen molar-refractivity contribution in [2.24, 2.45) is 23.2 Å². The van der Waals surface area contributed by atoms with Gasteiger partial charge in [-0.3, -0.25) is 0 Å². The lowest BCUT2D eigenvalue weighted by Gasteiger charge is -2.42. The molecule has 0 aromatic carbocycles. The molecule has 1 aromatic heterocycles. The van der Waals surface area contributed by atoms with Crippen LogP contribution in [0.2, 0.25) is 0 Å². The molecular weight excluding hydrogens is 274 g/mol. The summed E-state index contributed by atoms with van der Waals surface area (Å²) >= 11 is 1.94. The molecule has 0 spiro atoms. The zero-order chi connectivity index (χ0) is 15.3. The van der Waals surface area contributed by atoms with Crippen LogP contribution in [-0.2, 0) is 6.42 Å². The third-order valence-corrected chi connectivity index (χ3v) is 6.14. The van der Waals surface area contributed by atoms with Gasteiger partial charge in [-0.1, -0.05) is 33.8 Å². The first-order valence-electron chi connectivity index (χ1n) is 8.73. The summed E-state index contributed by atoms with van der Waals surface area (Å²) in [7, 11) is 0. The monoisotopic (exact) mass is 307 g/mol. The van der Waals surface area contributed by atoms with E-state index in [1.54, 1.807) is 4.88 Å². The molecule has 0 saturated heterocycles. The smallest absolute Gasteiger partial charge is 0.00480 e. The van der Waals surface area contributed by atoms with Crippen LogP contribution in [0.1, 0.15) is 58.3 Å². The van der Waals surface area contributed by atoms with Crippen LogP contribution in [0, 0.1) is 23.2 Å². The molecule has 1 aliphatic carbocycles. The summed E-state index contributed by atoms with van der Waals surface area (Å²) in [4.78, 5) is 1.58. The second-order valence-electron chi connectivity index (χ2n) is 7.88. The fourth-order valence-electron chi connectivity index (χ4n) is 3.78. The Kier molecular flexibility index (Phi) is 6.31. The van der Waals surface area contributed by atoms with Crippen LogP contribution in [0.4, 0.5) is 0 Å². The van der Waals surface area contributed by atoms with Crippen LogP contribution in [0.15, 0.2) is 17.5 Å². The Morgan fingerprint density at radius 3 is 2.67 bits per heavy atom. The van der Waals surface area contributed by atoms with Crippen molar-refractivity contribution in [3.63, 3.8) is 0 Å². The van der Waals surface area contributed by atoms with E-state index in [1.165, 1.54) is 45.2 Å². The Bertz CT molecular complexity index is 390. The molecule has 1 aliphatic rings. The summed E-state index contributed by atoms with van der Waals surface area (Å²) < 4.78 is 0. The van der Waals surface area contributed by atoms with Gasteiger partial charge in [0.05, 0.1) is 0 Å². The van der Waals surface area contributed by atoms with Gasteiger partial charge >= 0.3 is 0 Å². The molecule has 3 atom stereocenters. The lowest BCUT2D eigenvalue weighted by Crippen LogP contribution is -2.37. The van der Waals surface area contributed by atoms with E-state index in [4.69, 9.17) is 0 Å². The maximum absolute atomic E-state index is 3.67. The van der Waals surface area contributed by atoms with Gasteiger partial charge in [0.1, 0.15) is 0 Å². The number of thiophene rings is 1. The number of hydrogen-bond donors (Lipinski definition) is 1. The van der Waals surface area contributed by atoms with Crippen molar-refractivity contribution in [3.05, 3.63) is 22.4 Å². The average Bonchev–Trinajstić information content (AvgIpc) is 2.92. The summed E-state index contributed by atoms with van der Waals surface area (Å²) in [5, 5.41) is 5.90. The minimum absolute atomic E-state index is 0.468. The van der Waals surface area contributed by atoms with Gasteiger partial charge in [-0.15, -0.1) is 11.3 Å². The molecule has 120 valence electrons. The zero-order valence-electron chi connectivity index (χ0n) is 14.3. The van der Waals surface area contributed by atoms with Gasteiger partial charge in [-0.05, 0) is 79.8 Å². The lowest BCUT2D eigenvalue weighted by molar-refractivity contribution is 0.0976. The quantitative estimate of drug-likeness (QED) is 0.697. The van der Waals surface area contributed by atoms with Gasteiger partial charge in [-0.2, -0.15) is 0 Å². The summed E-state index contributed by atoms with van der Waals surface area (Å²) in [6.07, 6.45) is 6.78. The minimum Gasteiger partial charge on any atom is -0.316 e. The molecule has 1 aromatic rings. The third kappa shape index (κ3) is 5.10. The molecule has 0 amide bonds.